The molecule has 2 N–H and O–H groups in total. The molecular formula is C19H22N6O. The van der Waals surface area contributed by atoms with E-state index in [9.17, 15) is 4.79 Å². The summed E-state index contributed by atoms with van der Waals surface area (Å²) in [5, 5.41) is 10.4. The third-order valence-corrected chi connectivity index (χ3v) is 3.95. The molecule has 0 unspecified atom stereocenters. The van der Waals surface area contributed by atoms with Crippen LogP contribution in [-0.4, -0.2) is 38.7 Å². The fraction of sp³-hybridized carbons (Fsp3) is 0.263. The van der Waals surface area contributed by atoms with E-state index in [2.05, 4.69) is 32.6 Å². The molecule has 1 amide bonds. The number of carbonyl (C=O) groups is 1. The molecule has 0 aliphatic rings. The minimum absolute atomic E-state index is 0.0788. The van der Waals surface area contributed by atoms with E-state index in [4.69, 9.17) is 0 Å². The van der Waals surface area contributed by atoms with Crippen molar-refractivity contribution in [2.24, 2.45) is 0 Å². The zero-order chi connectivity index (χ0) is 18.4. The molecule has 0 radical (unpaired) electrons. The van der Waals surface area contributed by atoms with Crippen molar-refractivity contribution in [3.8, 4) is 5.82 Å². The van der Waals surface area contributed by atoms with Gasteiger partial charge in [-0.2, -0.15) is 5.10 Å². The molecule has 0 saturated carbocycles. The Bertz CT molecular complexity index is 872. The number of hydrogen-bond donors (Lipinski definition) is 2. The van der Waals surface area contributed by atoms with E-state index in [1.165, 1.54) is 11.9 Å². The number of anilines is 1. The molecule has 3 rings (SSSR count). The molecule has 0 spiro atoms. The predicted molar refractivity (Wildman–Crippen MR) is 101 cm³/mol. The van der Waals surface area contributed by atoms with Crippen LogP contribution in [0, 0.1) is 6.92 Å². The zero-order valence-electron chi connectivity index (χ0n) is 14.9. The van der Waals surface area contributed by atoms with E-state index < -0.39 is 0 Å². The summed E-state index contributed by atoms with van der Waals surface area (Å²) >= 11 is 0. The maximum absolute atomic E-state index is 12.1. The molecule has 7 nitrogen and oxygen atoms in total. The van der Waals surface area contributed by atoms with Gasteiger partial charge >= 0.3 is 0 Å². The topological polar surface area (TPSA) is 84.7 Å². The number of hydrogen-bond acceptors (Lipinski definition) is 5. The summed E-state index contributed by atoms with van der Waals surface area (Å²) in [5.41, 5.74) is 2.81. The monoisotopic (exact) mass is 350 g/mol. The molecule has 0 aliphatic heterocycles. The van der Waals surface area contributed by atoms with Crippen LogP contribution in [0.4, 0.5) is 5.82 Å². The summed E-state index contributed by atoms with van der Waals surface area (Å²) < 4.78 is 1.70. The van der Waals surface area contributed by atoms with Crippen LogP contribution in [-0.2, 0) is 6.42 Å². The van der Waals surface area contributed by atoms with Crippen molar-refractivity contribution in [3.05, 3.63) is 65.7 Å². The molecule has 3 aromatic rings. The molecule has 134 valence electrons. The first-order valence-corrected chi connectivity index (χ1v) is 8.61. The number of benzene rings is 1. The average molecular weight is 350 g/mol. The number of nitrogens with zero attached hydrogens (tertiary/aromatic N) is 4. The van der Waals surface area contributed by atoms with Gasteiger partial charge in [-0.1, -0.05) is 19.1 Å². The van der Waals surface area contributed by atoms with Crippen molar-refractivity contribution in [1.29, 1.82) is 0 Å². The van der Waals surface area contributed by atoms with Crippen LogP contribution < -0.4 is 10.6 Å². The van der Waals surface area contributed by atoms with Crippen molar-refractivity contribution in [2.75, 3.05) is 18.4 Å². The summed E-state index contributed by atoms with van der Waals surface area (Å²) in [5.74, 6) is 1.30. The van der Waals surface area contributed by atoms with E-state index in [-0.39, 0.29) is 5.91 Å². The summed E-state index contributed by atoms with van der Waals surface area (Å²) in [4.78, 5) is 20.5. The van der Waals surface area contributed by atoms with Gasteiger partial charge in [0.1, 0.15) is 12.1 Å². The maximum Gasteiger partial charge on any atom is 0.251 e. The van der Waals surface area contributed by atoms with Crippen molar-refractivity contribution < 1.29 is 4.79 Å². The molecule has 1 aromatic carbocycles. The fourth-order valence-electron chi connectivity index (χ4n) is 2.47. The molecule has 7 heteroatoms. The number of carbonyl (C=O) groups excluding carboxylic acids is 1. The molecule has 0 bridgehead atoms. The summed E-state index contributed by atoms with van der Waals surface area (Å²) in [6.45, 7) is 5.07. The lowest BCUT2D eigenvalue weighted by Gasteiger charge is -2.09. The Hall–Kier alpha value is -3.22. The lowest BCUT2D eigenvalue weighted by molar-refractivity contribution is 0.0955. The smallest absolute Gasteiger partial charge is 0.251 e. The van der Waals surface area contributed by atoms with E-state index in [0.717, 1.165) is 12.1 Å². The second kappa shape index (κ2) is 8.24. The van der Waals surface area contributed by atoms with Gasteiger partial charge in [0.05, 0.1) is 5.69 Å². The molecule has 2 aromatic heterocycles. The van der Waals surface area contributed by atoms with Crippen LogP contribution in [0.25, 0.3) is 5.82 Å². The lowest BCUT2D eigenvalue weighted by atomic mass is 10.1. The third-order valence-electron chi connectivity index (χ3n) is 3.95. The first-order valence-electron chi connectivity index (χ1n) is 8.61. The predicted octanol–water partition coefficient (Wildman–Crippen LogP) is 2.38. The van der Waals surface area contributed by atoms with Gasteiger partial charge in [-0.15, -0.1) is 0 Å². The minimum Gasteiger partial charge on any atom is -0.368 e. The Morgan fingerprint density at radius 3 is 2.62 bits per heavy atom. The SMILES string of the molecule is CCc1ccc(C(=O)NCCNc2cc(-n3ccc(C)n3)ncn2)cc1. The van der Waals surface area contributed by atoms with Gasteiger partial charge in [0.2, 0.25) is 0 Å². The molecule has 0 saturated heterocycles. The third kappa shape index (κ3) is 4.44. The standard InChI is InChI=1S/C19H22N6O/c1-3-15-4-6-16(7-5-15)19(26)21-10-9-20-17-12-18(23-13-22-17)25-11-8-14(2)24-25/h4-8,11-13H,3,9-10H2,1-2H3,(H,21,26)(H,20,22,23). The number of rotatable bonds is 7. The molecule has 0 aliphatic carbocycles. The van der Waals surface area contributed by atoms with Gasteiger partial charge < -0.3 is 10.6 Å². The zero-order valence-corrected chi connectivity index (χ0v) is 14.9. The van der Waals surface area contributed by atoms with Gasteiger partial charge in [-0.3, -0.25) is 4.79 Å². The second-order valence-corrected chi connectivity index (χ2v) is 5.90. The Morgan fingerprint density at radius 2 is 1.92 bits per heavy atom. The van der Waals surface area contributed by atoms with Gasteiger partial charge in [-0.25, -0.2) is 14.6 Å². The highest BCUT2D eigenvalue weighted by Gasteiger charge is 2.05. The van der Waals surface area contributed by atoms with Crippen LogP contribution in [0.2, 0.25) is 0 Å². The lowest BCUT2D eigenvalue weighted by Crippen LogP contribution is -2.28. The van der Waals surface area contributed by atoms with Crippen LogP contribution >= 0.6 is 0 Å². The maximum atomic E-state index is 12.1. The first-order chi connectivity index (χ1) is 12.7. The number of nitrogens with one attached hydrogen (secondary N) is 2. The Balaban J connectivity index is 1.49. The fourth-order valence-corrected chi connectivity index (χ4v) is 2.47. The highest BCUT2D eigenvalue weighted by atomic mass is 16.1. The normalized spacial score (nSPS) is 10.5. The Morgan fingerprint density at radius 1 is 1.12 bits per heavy atom. The number of aryl methyl sites for hydroxylation is 2. The van der Waals surface area contributed by atoms with Crippen molar-refractivity contribution >= 4 is 11.7 Å². The molecule has 26 heavy (non-hydrogen) atoms. The van der Waals surface area contributed by atoms with E-state index in [0.29, 0.717) is 30.3 Å². The van der Waals surface area contributed by atoms with Crippen LogP contribution in [0.1, 0.15) is 28.5 Å². The highest BCUT2D eigenvalue weighted by Crippen LogP contribution is 2.08. The number of aromatic nitrogens is 4. The summed E-state index contributed by atoms with van der Waals surface area (Å²) in [6.07, 6.45) is 4.30. The van der Waals surface area contributed by atoms with Crippen molar-refractivity contribution in [1.82, 2.24) is 25.1 Å². The first kappa shape index (κ1) is 17.6. The van der Waals surface area contributed by atoms with Crippen molar-refractivity contribution in [3.63, 3.8) is 0 Å². The van der Waals surface area contributed by atoms with E-state index in [1.54, 1.807) is 4.68 Å². The quantitative estimate of drug-likeness (QED) is 0.639. The Kier molecular flexibility index (Phi) is 5.58. The van der Waals surface area contributed by atoms with E-state index >= 15 is 0 Å². The number of amides is 1. The Labute approximate surface area is 152 Å². The second-order valence-electron chi connectivity index (χ2n) is 5.90. The summed E-state index contributed by atoms with van der Waals surface area (Å²) in [7, 11) is 0. The average Bonchev–Trinajstić information content (AvgIpc) is 3.12. The van der Waals surface area contributed by atoms with Gasteiger partial charge in [0, 0.05) is 30.9 Å². The van der Waals surface area contributed by atoms with Gasteiger partial charge in [-0.05, 0) is 37.1 Å². The van der Waals surface area contributed by atoms with Crippen LogP contribution in [0.15, 0.2) is 48.9 Å². The molecule has 0 atom stereocenters. The minimum atomic E-state index is -0.0788. The van der Waals surface area contributed by atoms with Crippen LogP contribution in [0.5, 0.6) is 0 Å². The van der Waals surface area contributed by atoms with Gasteiger partial charge in [0.25, 0.3) is 5.91 Å². The van der Waals surface area contributed by atoms with Gasteiger partial charge in [0.15, 0.2) is 5.82 Å². The highest BCUT2D eigenvalue weighted by molar-refractivity contribution is 5.94. The van der Waals surface area contributed by atoms with Crippen molar-refractivity contribution in [2.45, 2.75) is 20.3 Å². The summed E-state index contributed by atoms with van der Waals surface area (Å²) in [6, 6.07) is 11.4. The van der Waals surface area contributed by atoms with Crippen LogP contribution in [0.3, 0.4) is 0 Å². The molecule has 0 fully saturated rings. The molecular weight excluding hydrogens is 328 g/mol. The largest absolute Gasteiger partial charge is 0.368 e. The molecule has 2 heterocycles. The van der Waals surface area contributed by atoms with E-state index in [1.807, 2.05) is 49.5 Å².